The molecular formula is C42H25NS. The number of aromatic nitrogens is 1. The van der Waals surface area contributed by atoms with Gasteiger partial charge in [0.15, 0.2) is 0 Å². The van der Waals surface area contributed by atoms with Crippen LogP contribution in [0.5, 0.6) is 0 Å². The molecular weight excluding hydrogens is 551 g/mol. The molecule has 10 rings (SSSR count). The summed E-state index contributed by atoms with van der Waals surface area (Å²) < 4.78 is 5.23. The minimum atomic E-state index is 1.23. The van der Waals surface area contributed by atoms with Crippen molar-refractivity contribution in [3.8, 4) is 22.3 Å². The van der Waals surface area contributed by atoms with Crippen molar-refractivity contribution in [2.75, 3.05) is 0 Å². The van der Waals surface area contributed by atoms with E-state index in [0.717, 1.165) is 0 Å². The van der Waals surface area contributed by atoms with Gasteiger partial charge in [-0.3, -0.25) is 0 Å². The van der Waals surface area contributed by atoms with Gasteiger partial charge < -0.3 is 4.40 Å². The van der Waals surface area contributed by atoms with Crippen LogP contribution in [0.15, 0.2) is 152 Å². The summed E-state index contributed by atoms with van der Waals surface area (Å²) >= 11 is 1.92. The van der Waals surface area contributed by atoms with Crippen LogP contribution in [0.2, 0.25) is 0 Å². The lowest BCUT2D eigenvalue weighted by Gasteiger charge is -2.15. The highest BCUT2D eigenvalue weighted by molar-refractivity contribution is 7.27. The predicted octanol–water partition coefficient (Wildman–Crippen LogP) is 12.3. The smallest absolute Gasteiger partial charge is 0.0734 e. The summed E-state index contributed by atoms with van der Waals surface area (Å²) in [6.45, 7) is 0. The van der Waals surface area contributed by atoms with E-state index in [9.17, 15) is 0 Å². The molecule has 0 unspecified atom stereocenters. The van der Waals surface area contributed by atoms with Crippen LogP contribution >= 0.6 is 11.3 Å². The van der Waals surface area contributed by atoms with Gasteiger partial charge >= 0.3 is 0 Å². The molecule has 0 aliphatic carbocycles. The van der Waals surface area contributed by atoms with E-state index >= 15 is 0 Å². The molecule has 0 N–H and O–H groups in total. The molecule has 204 valence electrons. The fourth-order valence-electron chi connectivity index (χ4n) is 7.48. The molecule has 0 fully saturated rings. The number of benzene rings is 7. The Kier molecular flexibility index (Phi) is 4.94. The van der Waals surface area contributed by atoms with Crippen molar-refractivity contribution >= 4 is 80.4 Å². The van der Waals surface area contributed by atoms with Gasteiger partial charge in [-0.05, 0) is 67.4 Å². The molecule has 44 heavy (non-hydrogen) atoms. The number of hydrogen-bond donors (Lipinski definition) is 0. The Morgan fingerprint density at radius 3 is 2.00 bits per heavy atom. The molecule has 7 aromatic carbocycles. The standard InChI is InChI=1S/C42H25NS/c1-2-12-27(13-3-1)39-29-14-5-4-11-26(29)21-23-30(39)28-22-24-35-37(25-28)43-36-19-9-8-17-33(36)31-15-6-7-16-32(31)34-18-10-20-38-40(34)41(43)42(35)44-38/h1-25H. The van der Waals surface area contributed by atoms with Crippen LogP contribution in [0.3, 0.4) is 0 Å². The molecule has 1 nitrogen and oxygen atoms in total. The highest BCUT2D eigenvalue weighted by Crippen LogP contribution is 2.47. The summed E-state index contributed by atoms with van der Waals surface area (Å²) in [6.07, 6.45) is 0. The first-order valence-corrected chi connectivity index (χ1v) is 15.9. The summed E-state index contributed by atoms with van der Waals surface area (Å²) in [5.41, 5.74) is 8.80. The average molecular weight is 576 g/mol. The zero-order valence-corrected chi connectivity index (χ0v) is 24.6. The first kappa shape index (κ1) is 24.0. The van der Waals surface area contributed by atoms with E-state index < -0.39 is 0 Å². The van der Waals surface area contributed by atoms with E-state index in [0.29, 0.717) is 0 Å². The van der Waals surface area contributed by atoms with Gasteiger partial charge in [-0.1, -0.05) is 133 Å². The molecule has 2 heteroatoms. The molecule has 0 saturated carbocycles. The number of para-hydroxylation sites is 1. The van der Waals surface area contributed by atoms with Crippen molar-refractivity contribution in [3.05, 3.63) is 152 Å². The number of hydrogen-bond acceptors (Lipinski definition) is 1. The highest BCUT2D eigenvalue weighted by atomic mass is 32.1. The molecule has 0 atom stereocenters. The topological polar surface area (TPSA) is 4.41 Å². The third-order valence-corrected chi connectivity index (χ3v) is 10.5. The molecule has 3 aromatic heterocycles. The van der Waals surface area contributed by atoms with E-state index in [4.69, 9.17) is 0 Å². The molecule has 0 aliphatic heterocycles. The molecule has 0 spiro atoms. The van der Waals surface area contributed by atoms with Gasteiger partial charge in [0.05, 0.1) is 21.3 Å². The molecule has 0 amide bonds. The Morgan fingerprint density at radius 1 is 0.432 bits per heavy atom. The number of nitrogens with zero attached hydrogens (tertiary/aromatic N) is 1. The molecule has 0 aliphatic rings. The molecule has 10 aromatic rings. The zero-order chi connectivity index (χ0) is 28.8. The maximum atomic E-state index is 2.55. The Bertz CT molecular complexity index is 2760. The quantitative estimate of drug-likeness (QED) is 0.193. The first-order chi connectivity index (χ1) is 21.8. The minimum Gasteiger partial charge on any atom is -0.307 e. The summed E-state index contributed by atoms with van der Waals surface area (Å²) in [5.74, 6) is 0. The number of thiophene rings is 1. The van der Waals surface area contributed by atoms with E-state index in [1.165, 1.54) is 91.3 Å². The van der Waals surface area contributed by atoms with E-state index in [-0.39, 0.29) is 0 Å². The fraction of sp³-hybridized carbons (Fsp3) is 0. The Balaban J connectivity index is 1.41. The van der Waals surface area contributed by atoms with Crippen LogP contribution in [-0.4, -0.2) is 4.40 Å². The lowest BCUT2D eigenvalue weighted by atomic mass is 9.89. The molecule has 0 radical (unpaired) electrons. The summed E-state index contributed by atoms with van der Waals surface area (Å²) in [4.78, 5) is 0. The molecule has 0 saturated heterocycles. The van der Waals surface area contributed by atoms with Crippen LogP contribution < -0.4 is 0 Å². The lowest BCUT2D eigenvalue weighted by molar-refractivity contribution is 1.36. The number of rotatable bonds is 2. The third-order valence-electron chi connectivity index (χ3n) is 9.35. The second kappa shape index (κ2) is 9.03. The SMILES string of the molecule is c1ccc(-c2c(-c3ccc4c5sc6cccc7c8ccccc8c8ccccc8n(c4c3)c5c67)ccc3ccccc23)cc1. The van der Waals surface area contributed by atoms with Crippen molar-refractivity contribution in [1.29, 1.82) is 0 Å². The van der Waals surface area contributed by atoms with Gasteiger partial charge in [-0.15, -0.1) is 11.3 Å². The summed E-state index contributed by atoms with van der Waals surface area (Å²) in [5, 5.41) is 10.3. The van der Waals surface area contributed by atoms with Crippen molar-refractivity contribution in [1.82, 2.24) is 4.40 Å². The minimum absolute atomic E-state index is 1.23. The van der Waals surface area contributed by atoms with Crippen molar-refractivity contribution < 1.29 is 0 Å². The summed E-state index contributed by atoms with van der Waals surface area (Å²) in [6, 6.07) is 55.9. The largest absolute Gasteiger partial charge is 0.307 e. The Labute approximate surface area is 257 Å². The van der Waals surface area contributed by atoms with Crippen molar-refractivity contribution in [2.45, 2.75) is 0 Å². The maximum Gasteiger partial charge on any atom is 0.0734 e. The van der Waals surface area contributed by atoms with Crippen LogP contribution in [0.4, 0.5) is 0 Å². The second-order valence-corrected chi connectivity index (χ2v) is 12.7. The van der Waals surface area contributed by atoms with Gasteiger partial charge in [-0.2, -0.15) is 0 Å². The second-order valence-electron chi connectivity index (χ2n) is 11.7. The average Bonchev–Trinajstić information content (AvgIpc) is 3.61. The maximum absolute atomic E-state index is 2.55. The van der Waals surface area contributed by atoms with Crippen LogP contribution in [0.25, 0.3) is 91.3 Å². The summed E-state index contributed by atoms with van der Waals surface area (Å²) in [7, 11) is 0. The zero-order valence-electron chi connectivity index (χ0n) is 23.8. The van der Waals surface area contributed by atoms with Crippen LogP contribution in [0, 0.1) is 0 Å². The van der Waals surface area contributed by atoms with E-state index in [1.807, 2.05) is 11.3 Å². The van der Waals surface area contributed by atoms with Gasteiger partial charge in [0.25, 0.3) is 0 Å². The van der Waals surface area contributed by atoms with Crippen LogP contribution in [0.1, 0.15) is 0 Å². The van der Waals surface area contributed by atoms with Crippen molar-refractivity contribution in [2.24, 2.45) is 0 Å². The normalized spacial score (nSPS) is 12.1. The molecule has 3 heterocycles. The fourth-order valence-corrected chi connectivity index (χ4v) is 8.72. The van der Waals surface area contributed by atoms with Crippen molar-refractivity contribution in [3.63, 3.8) is 0 Å². The number of fused-ring (bicyclic) bond motifs is 9. The monoisotopic (exact) mass is 575 g/mol. The van der Waals surface area contributed by atoms with E-state index in [1.54, 1.807) is 0 Å². The lowest BCUT2D eigenvalue weighted by Crippen LogP contribution is -1.91. The predicted molar refractivity (Wildman–Crippen MR) is 191 cm³/mol. The molecule has 0 bridgehead atoms. The van der Waals surface area contributed by atoms with Gasteiger partial charge in [0.1, 0.15) is 0 Å². The van der Waals surface area contributed by atoms with E-state index in [2.05, 4.69) is 156 Å². The Hall–Kier alpha value is -5.44. The first-order valence-electron chi connectivity index (χ1n) is 15.1. The van der Waals surface area contributed by atoms with Crippen LogP contribution in [-0.2, 0) is 0 Å². The highest BCUT2D eigenvalue weighted by Gasteiger charge is 2.20. The third kappa shape index (κ3) is 3.23. The van der Waals surface area contributed by atoms with Gasteiger partial charge in [-0.25, -0.2) is 0 Å². The Morgan fingerprint density at radius 2 is 1.14 bits per heavy atom. The van der Waals surface area contributed by atoms with Gasteiger partial charge in [0, 0.05) is 20.9 Å². The van der Waals surface area contributed by atoms with Gasteiger partial charge in [0.2, 0.25) is 0 Å².